The summed E-state index contributed by atoms with van der Waals surface area (Å²) in [6.07, 6.45) is 3.40. The minimum absolute atomic E-state index is 0.0586. The maximum Gasteiger partial charge on any atom is 0.275 e. The first-order chi connectivity index (χ1) is 19.6. The van der Waals surface area contributed by atoms with Crippen molar-refractivity contribution in [1.29, 1.82) is 0 Å². The summed E-state index contributed by atoms with van der Waals surface area (Å²) in [4.78, 5) is 36.1. The molecule has 3 aromatic rings. The lowest BCUT2D eigenvalue weighted by atomic mass is 9.99. The first kappa shape index (κ1) is 29.9. The van der Waals surface area contributed by atoms with Gasteiger partial charge in [-0.1, -0.05) is 13.0 Å². The summed E-state index contributed by atoms with van der Waals surface area (Å²) < 4.78 is 39.6. The highest BCUT2D eigenvalue weighted by molar-refractivity contribution is 7.89. The van der Waals surface area contributed by atoms with Crippen LogP contribution in [0.15, 0.2) is 66.0 Å². The quantitative estimate of drug-likeness (QED) is 0.387. The number of anilines is 1. The smallest absolute Gasteiger partial charge is 0.275 e. The summed E-state index contributed by atoms with van der Waals surface area (Å²) in [7, 11) is -0.952. The van der Waals surface area contributed by atoms with Crippen LogP contribution in [0, 0.1) is 5.92 Å². The number of methoxy groups -OCH3 is 1. The number of carbonyl (C=O) groups excluding carboxylic acids is 2. The van der Waals surface area contributed by atoms with Crippen molar-refractivity contribution in [2.75, 3.05) is 39.2 Å². The van der Waals surface area contributed by atoms with Crippen molar-refractivity contribution < 1.29 is 32.6 Å². The Labute approximate surface area is 239 Å². The minimum atomic E-state index is -3.90. The molecule has 2 heterocycles. The number of amides is 2. The second-order valence-corrected chi connectivity index (χ2v) is 11.9. The number of fused-ring (bicyclic) bond motifs is 1. The number of aromatic nitrogens is 2. The Bertz CT molecular complexity index is 1490. The van der Waals surface area contributed by atoms with E-state index in [0.29, 0.717) is 5.75 Å². The summed E-state index contributed by atoms with van der Waals surface area (Å²) in [6.45, 7) is 3.44. The van der Waals surface area contributed by atoms with Crippen LogP contribution in [0.2, 0.25) is 0 Å². The number of aliphatic hydroxyl groups excluding tert-OH is 1. The summed E-state index contributed by atoms with van der Waals surface area (Å²) in [5, 5.41) is 12.6. The molecule has 0 spiro atoms. The van der Waals surface area contributed by atoms with Crippen LogP contribution in [-0.4, -0.2) is 90.5 Å². The van der Waals surface area contributed by atoms with E-state index in [1.807, 2.05) is 6.92 Å². The topological polar surface area (TPSA) is 151 Å². The van der Waals surface area contributed by atoms with Crippen molar-refractivity contribution in [2.45, 2.75) is 30.9 Å². The second kappa shape index (κ2) is 12.6. The zero-order valence-electron chi connectivity index (χ0n) is 23.2. The van der Waals surface area contributed by atoms with Gasteiger partial charge in [-0.25, -0.2) is 13.4 Å². The molecule has 13 heteroatoms. The Hall–Kier alpha value is -4.07. The zero-order chi connectivity index (χ0) is 29.7. The van der Waals surface area contributed by atoms with E-state index in [4.69, 9.17) is 9.47 Å². The molecule has 0 unspecified atom stereocenters. The Balaban J connectivity index is 1.71. The van der Waals surface area contributed by atoms with Crippen molar-refractivity contribution in [2.24, 2.45) is 5.92 Å². The monoisotopic (exact) mass is 583 g/mol. The van der Waals surface area contributed by atoms with Crippen molar-refractivity contribution in [3.63, 3.8) is 0 Å². The number of likely N-dealkylation sites (N-methyl/N-ethyl adjacent to an activating group) is 1. The Morgan fingerprint density at radius 3 is 2.61 bits per heavy atom. The molecule has 2 amide bonds. The summed E-state index contributed by atoms with van der Waals surface area (Å²) in [6, 6.07) is 10.3. The standard InChI is InChI=1S/C28H33N5O7S/c1-18-15-33(19(2)17-34)28(36)22-6-5-7-23(31-27(35)24-14-29-12-13-30-24)26(22)40-25(18)16-32(3)41(37,38)21-10-8-20(39-4)9-11-21/h5-14,18-19,25,34H,15-17H2,1-4H3,(H,31,35)/t18-,19-,25+/m0/s1. The molecule has 0 bridgehead atoms. The third-order valence-corrected chi connectivity index (χ3v) is 8.78. The number of hydrogen-bond donors (Lipinski definition) is 2. The number of para-hydroxylation sites is 1. The second-order valence-electron chi connectivity index (χ2n) is 9.81. The lowest BCUT2D eigenvalue weighted by Crippen LogP contribution is -2.50. The molecule has 0 aliphatic carbocycles. The van der Waals surface area contributed by atoms with E-state index in [1.54, 1.807) is 37.3 Å². The number of aliphatic hydroxyl groups is 1. The normalized spacial score (nSPS) is 18.1. The molecule has 2 aromatic carbocycles. The molecule has 218 valence electrons. The number of nitrogens with zero attached hydrogens (tertiary/aromatic N) is 4. The van der Waals surface area contributed by atoms with Crippen LogP contribution in [0.4, 0.5) is 5.69 Å². The highest BCUT2D eigenvalue weighted by Gasteiger charge is 2.36. The van der Waals surface area contributed by atoms with E-state index in [-0.39, 0.29) is 59.1 Å². The molecule has 1 aromatic heterocycles. The van der Waals surface area contributed by atoms with Crippen molar-refractivity contribution in [3.8, 4) is 11.5 Å². The molecule has 0 saturated carbocycles. The van der Waals surface area contributed by atoms with Crippen molar-refractivity contribution in [3.05, 3.63) is 72.3 Å². The van der Waals surface area contributed by atoms with E-state index >= 15 is 0 Å². The van der Waals surface area contributed by atoms with E-state index in [1.165, 1.54) is 54.1 Å². The highest BCUT2D eigenvalue weighted by atomic mass is 32.2. The van der Waals surface area contributed by atoms with Gasteiger partial charge in [-0.2, -0.15) is 4.31 Å². The lowest BCUT2D eigenvalue weighted by Gasteiger charge is -2.38. The molecule has 0 saturated heterocycles. The van der Waals surface area contributed by atoms with Gasteiger partial charge in [0.15, 0.2) is 5.75 Å². The maximum atomic E-state index is 13.7. The number of ether oxygens (including phenoxy) is 2. The predicted octanol–water partition coefficient (Wildman–Crippen LogP) is 2.28. The summed E-state index contributed by atoms with van der Waals surface area (Å²) >= 11 is 0. The molecule has 41 heavy (non-hydrogen) atoms. The number of carbonyl (C=O) groups is 2. The fourth-order valence-electron chi connectivity index (χ4n) is 4.44. The molecule has 1 aliphatic rings. The average Bonchev–Trinajstić information content (AvgIpc) is 2.99. The third-order valence-electron chi connectivity index (χ3n) is 6.94. The lowest BCUT2D eigenvalue weighted by molar-refractivity contribution is 0.0388. The number of nitrogens with one attached hydrogen (secondary N) is 1. The first-order valence-electron chi connectivity index (χ1n) is 13.0. The molecule has 12 nitrogen and oxygen atoms in total. The van der Waals surface area contributed by atoms with Gasteiger partial charge in [-0.3, -0.25) is 14.6 Å². The van der Waals surface area contributed by atoms with Crippen molar-refractivity contribution >= 4 is 27.5 Å². The SMILES string of the molecule is COc1ccc(S(=O)(=O)N(C)C[C@H]2Oc3c(NC(=O)c4cnccn4)cccc3C(=O)N([C@@H](C)CO)C[C@@H]2C)cc1. The molecule has 0 radical (unpaired) electrons. The highest BCUT2D eigenvalue weighted by Crippen LogP contribution is 2.35. The van der Waals surface area contributed by atoms with Crippen LogP contribution in [-0.2, 0) is 10.0 Å². The first-order valence-corrected chi connectivity index (χ1v) is 14.4. The van der Waals surface area contributed by atoms with Gasteiger partial charge >= 0.3 is 0 Å². The van der Waals surface area contributed by atoms with Gasteiger partial charge in [0.1, 0.15) is 17.5 Å². The van der Waals surface area contributed by atoms with Crippen LogP contribution in [0.25, 0.3) is 0 Å². The number of sulfonamides is 1. The minimum Gasteiger partial charge on any atom is -0.497 e. The molecule has 4 rings (SSSR count). The van der Waals surface area contributed by atoms with Crippen molar-refractivity contribution in [1.82, 2.24) is 19.2 Å². The number of hydrogen-bond acceptors (Lipinski definition) is 9. The van der Waals surface area contributed by atoms with Crippen LogP contribution in [0.1, 0.15) is 34.7 Å². The van der Waals surface area contributed by atoms with Gasteiger partial charge in [0.25, 0.3) is 11.8 Å². The van der Waals surface area contributed by atoms with Gasteiger partial charge in [0.2, 0.25) is 10.0 Å². The largest absolute Gasteiger partial charge is 0.497 e. The summed E-state index contributed by atoms with van der Waals surface area (Å²) in [5.74, 6) is -0.690. The van der Waals surface area contributed by atoms with E-state index in [9.17, 15) is 23.1 Å². The average molecular weight is 584 g/mol. The van der Waals surface area contributed by atoms with E-state index < -0.39 is 28.1 Å². The predicted molar refractivity (Wildman–Crippen MR) is 150 cm³/mol. The Kier molecular flexibility index (Phi) is 9.21. The van der Waals surface area contributed by atoms with E-state index in [2.05, 4.69) is 15.3 Å². The van der Waals surface area contributed by atoms with Gasteiger partial charge in [-0.05, 0) is 43.3 Å². The molecular weight excluding hydrogens is 550 g/mol. The molecular formula is C28H33N5O7S. The third kappa shape index (κ3) is 6.47. The molecule has 2 N–H and O–H groups in total. The Morgan fingerprint density at radius 1 is 1.24 bits per heavy atom. The van der Waals surface area contributed by atoms with Gasteiger partial charge in [-0.15, -0.1) is 0 Å². The number of benzene rings is 2. The maximum absolute atomic E-state index is 13.7. The molecule has 0 fully saturated rings. The van der Waals surface area contributed by atoms with Crippen LogP contribution in [0.5, 0.6) is 11.5 Å². The molecule has 3 atom stereocenters. The molecule has 1 aliphatic heterocycles. The van der Waals surface area contributed by atoms with Gasteiger partial charge in [0.05, 0.1) is 48.6 Å². The van der Waals surface area contributed by atoms with Crippen LogP contribution in [0.3, 0.4) is 0 Å². The van der Waals surface area contributed by atoms with Crippen LogP contribution >= 0.6 is 0 Å². The fourth-order valence-corrected chi connectivity index (χ4v) is 5.62. The van der Waals surface area contributed by atoms with E-state index in [0.717, 1.165) is 0 Å². The van der Waals surface area contributed by atoms with Gasteiger partial charge in [0, 0.05) is 31.9 Å². The van der Waals surface area contributed by atoms with Gasteiger partial charge < -0.3 is 24.8 Å². The fraction of sp³-hybridized carbons (Fsp3) is 0.357. The summed E-state index contributed by atoms with van der Waals surface area (Å²) in [5.41, 5.74) is 0.440. The van der Waals surface area contributed by atoms with Crippen LogP contribution < -0.4 is 14.8 Å². The number of rotatable bonds is 9. The zero-order valence-corrected chi connectivity index (χ0v) is 24.0. The Morgan fingerprint density at radius 2 is 1.98 bits per heavy atom.